The van der Waals surface area contributed by atoms with Gasteiger partial charge in [0.15, 0.2) is 0 Å². The van der Waals surface area contributed by atoms with E-state index < -0.39 is 17.2 Å². The summed E-state index contributed by atoms with van der Waals surface area (Å²) in [6.45, 7) is 0. The van der Waals surface area contributed by atoms with Gasteiger partial charge in [0.2, 0.25) is 0 Å². The van der Waals surface area contributed by atoms with Crippen LogP contribution in [0.4, 0.5) is 0 Å². The Bertz CT molecular complexity index is 1290. The van der Waals surface area contributed by atoms with Gasteiger partial charge in [-0.3, -0.25) is 0 Å². The minimum atomic E-state index is -1.59. The Morgan fingerprint density at radius 3 is 0.489 bits per heavy atom. The molecule has 6 aromatic rings. The molecule has 0 spiro atoms. The first-order valence-electron chi connectivity index (χ1n) is 13.8. The molecule has 0 bridgehead atoms. The Morgan fingerprint density at radius 2 is 0.362 bits per heavy atom. The summed E-state index contributed by atoms with van der Waals surface area (Å²) in [6.07, 6.45) is 0. The van der Waals surface area contributed by atoms with Crippen LogP contribution < -0.4 is 52.0 Å². The number of benzene rings is 6. The summed E-state index contributed by atoms with van der Waals surface area (Å²) in [5, 5.41) is 0. The van der Waals surface area contributed by atoms with Crippen molar-refractivity contribution in [2.24, 2.45) is 0 Å². The predicted molar refractivity (Wildman–Crippen MR) is 176 cm³/mol. The minimum absolute atomic E-state index is 0. The number of hydrogen-bond donors (Lipinski definition) is 0. The predicted octanol–water partition coefficient (Wildman–Crippen LogP) is 4.91. The quantitative estimate of drug-likeness (QED) is 0.131. The van der Waals surface area contributed by atoms with E-state index in [1.54, 1.807) is 0 Å². The van der Waals surface area contributed by atoms with E-state index in [1.165, 1.54) is 0 Å². The Balaban J connectivity index is 0.000000307. The van der Waals surface area contributed by atoms with E-state index in [-0.39, 0.29) is 41.3 Å². The van der Waals surface area contributed by atoms with Crippen LogP contribution in [-0.2, 0) is 16.5 Å². The summed E-state index contributed by atoms with van der Waals surface area (Å²) >= 11 is 0. The first-order chi connectivity index (χ1) is 21.8. The summed E-state index contributed by atoms with van der Waals surface area (Å²) in [5.41, 5.74) is 0. The van der Waals surface area contributed by atoms with Crippen LogP contribution in [-0.4, -0.2) is 0 Å². The van der Waals surface area contributed by atoms with Crippen molar-refractivity contribution in [1.82, 2.24) is 0 Å². The van der Waals surface area contributed by atoms with Gasteiger partial charge in [0, 0.05) is 0 Å². The molecular formula is C36H30Cl2NiO6P2. The molecule has 11 heteroatoms. The monoisotopic (exact) mass is 748 g/mol. The molecule has 0 amide bonds. The molecule has 0 saturated heterocycles. The molecule has 0 saturated carbocycles. The smallest absolute Gasteiger partial charge is 1.00 e. The Kier molecular flexibility index (Phi) is 18.8. The Morgan fingerprint density at radius 1 is 0.234 bits per heavy atom. The van der Waals surface area contributed by atoms with Crippen molar-refractivity contribution in [3.05, 3.63) is 182 Å². The molecule has 0 N–H and O–H groups in total. The van der Waals surface area contributed by atoms with Gasteiger partial charge in [0.25, 0.3) is 0 Å². The second-order valence-corrected chi connectivity index (χ2v) is 10.9. The zero-order valence-corrected chi connectivity index (χ0v) is 29.0. The summed E-state index contributed by atoms with van der Waals surface area (Å²) in [6, 6.07) is 57.0. The van der Waals surface area contributed by atoms with Crippen molar-refractivity contribution >= 4 is 17.2 Å². The first-order valence-corrected chi connectivity index (χ1v) is 16.0. The van der Waals surface area contributed by atoms with Crippen molar-refractivity contribution in [2.45, 2.75) is 0 Å². The molecule has 244 valence electrons. The Labute approximate surface area is 300 Å². The van der Waals surface area contributed by atoms with E-state index in [0.717, 1.165) is 0 Å². The maximum absolute atomic E-state index is 5.84. The second kappa shape index (κ2) is 22.6. The largest absolute Gasteiger partial charge is 2.00 e. The van der Waals surface area contributed by atoms with Crippen LogP contribution in [0.3, 0.4) is 0 Å². The van der Waals surface area contributed by atoms with Gasteiger partial charge in [-0.2, -0.15) is 0 Å². The molecule has 0 aliphatic heterocycles. The molecule has 0 heterocycles. The minimum Gasteiger partial charge on any atom is -1.00 e. The second-order valence-electron chi connectivity index (χ2n) is 8.87. The molecule has 0 radical (unpaired) electrons. The average Bonchev–Trinajstić information content (AvgIpc) is 3.08. The van der Waals surface area contributed by atoms with E-state index in [0.29, 0.717) is 34.5 Å². The average molecular weight is 750 g/mol. The fraction of sp³-hybridized carbons (Fsp3) is 0. The molecular weight excluding hydrogens is 720 g/mol. The van der Waals surface area contributed by atoms with Crippen LogP contribution in [0.15, 0.2) is 182 Å². The third-order valence-electron chi connectivity index (χ3n) is 5.54. The molecule has 6 rings (SSSR count). The first kappa shape index (κ1) is 39.2. The van der Waals surface area contributed by atoms with Gasteiger partial charge in [-0.1, -0.05) is 109 Å². The van der Waals surface area contributed by atoms with Gasteiger partial charge in [-0.25, -0.2) is 0 Å². The fourth-order valence-electron chi connectivity index (χ4n) is 3.52. The fourth-order valence-corrected chi connectivity index (χ4v) is 5.50. The van der Waals surface area contributed by atoms with E-state index in [2.05, 4.69) is 0 Å². The van der Waals surface area contributed by atoms with Crippen molar-refractivity contribution in [3.63, 3.8) is 0 Å². The van der Waals surface area contributed by atoms with E-state index in [4.69, 9.17) is 27.1 Å². The van der Waals surface area contributed by atoms with E-state index in [1.807, 2.05) is 182 Å². The van der Waals surface area contributed by atoms with Crippen LogP contribution in [0, 0.1) is 0 Å². The topological polar surface area (TPSA) is 55.4 Å². The maximum atomic E-state index is 5.84. The van der Waals surface area contributed by atoms with Gasteiger partial charge >= 0.3 is 33.7 Å². The molecule has 6 aromatic carbocycles. The van der Waals surface area contributed by atoms with Gasteiger partial charge in [0.05, 0.1) is 0 Å². The molecule has 0 aliphatic rings. The maximum Gasteiger partial charge on any atom is 2.00 e. The van der Waals surface area contributed by atoms with E-state index >= 15 is 0 Å². The van der Waals surface area contributed by atoms with Gasteiger partial charge in [-0.05, 0) is 72.8 Å². The summed E-state index contributed by atoms with van der Waals surface area (Å²) < 4.78 is 35.1. The van der Waals surface area contributed by atoms with Crippen molar-refractivity contribution in [1.29, 1.82) is 0 Å². The van der Waals surface area contributed by atoms with E-state index in [9.17, 15) is 0 Å². The van der Waals surface area contributed by atoms with Crippen LogP contribution in [0.25, 0.3) is 0 Å². The van der Waals surface area contributed by atoms with Gasteiger partial charge < -0.3 is 52.0 Å². The summed E-state index contributed by atoms with van der Waals surface area (Å²) in [5.74, 6) is 4.25. The number of hydrogen-bond acceptors (Lipinski definition) is 6. The molecule has 0 aromatic heterocycles. The SMILES string of the molecule is [Cl-].[Cl-].[Ni+2].c1ccc(OP(Oc2ccccc2)Oc2ccccc2)cc1.c1ccc(OP(Oc2ccccc2)Oc2ccccc2)cc1. The number of rotatable bonds is 12. The van der Waals surface area contributed by atoms with Crippen molar-refractivity contribution in [2.75, 3.05) is 0 Å². The third kappa shape index (κ3) is 14.6. The Hall–Kier alpha value is -3.95. The zero-order chi connectivity index (χ0) is 30.1. The normalized spacial score (nSPS) is 9.57. The van der Waals surface area contributed by atoms with Crippen molar-refractivity contribution in [3.8, 4) is 34.5 Å². The molecule has 47 heavy (non-hydrogen) atoms. The number of halogens is 2. The van der Waals surface area contributed by atoms with Gasteiger partial charge in [-0.15, -0.1) is 0 Å². The van der Waals surface area contributed by atoms with Gasteiger partial charge in [0.1, 0.15) is 34.5 Å². The van der Waals surface area contributed by atoms with Crippen LogP contribution in [0.1, 0.15) is 0 Å². The number of para-hydroxylation sites is 6. The molecule has 0 unspecified atom stereocenters. The summed E-state index contributed by atoms with van der Waals surface area (Å²) in [7, 11) is -3.18. The molecule has 0 aliphatic carbocycles. The zero-order valence-electron chi connectivity index (χ0n) is 24.7. The summed E-state index contributed by atoms with van der Waals surface area (Å²) in [4.78, 5) is 0. The molecule has 0 fully saturated rings. The molecule has 0 atom stereocenters. The van der Waals surface area contributed by atoms with Crippen molar-refractivity contribution < 1.29 is 68.4 Å². The third-order valence-corrected chi connectivity index (χ3v) is 7.70. The van der Waals surface area contributed by atoms with Crippen LogP contribution in [0.2, 0.25) is 0 Å². The van der Waals surface area contributed by atoms with Crippen LogP contribution >= 0.6 is 17.2 Å². The van der Waals surface area contributed by atoms with Crippen LogP contribution in [0.5, 0.6) is 34.5 Å². The molecule has 6 nitrogen and oxygen atoms in total. The standard InChI is InChI=1S/2C18H15O3P.2ClH.Ni/c2*1-4-10-16(11-5-1)19-22(20-17-12-6-2-7-13-17)21-18-14-8-3-9-15-18;;;/h2*1-15H;2*1H;/q;;;;+2/p-2.